The van der Waals surface area contributed by atoms with Gasteiger partial charge in [0.15, 0.2) is 0 Å². The normalized spacial score (nSPS) is 10.0. The predicted molar refractivity (Wildman–Crippen MR) is 69.0 cm³/mol. The fourth-order valence-corrected chi connectivity index (χ4v) is 1.50. The van der Waals surface area contributed by atoms with E-state index in [2.05, 4.69) is 17.0 Å². The first-order valence-electron chi connectivity index (χ1n) is 5.33. The summed E-state index contributed by atoms with van der Waals surface area (Å²) in [6, 6.07) is 6.39. The zero-order valence-corrected chi connectivity index (χ0v) is 9.61. The van der Waals surface area contributed by atoms with Crippen molar-refractivity contribution in [3.63, 3.8) is 0 Å². The topological polar surface area (TPSA) is 73.0 Å². The number of anilines is 1. The third kappa shape index (κ3) is 2.73. The summed E-state index contributed by atoms with van der Waals surface area (Å²) in [6.45, 7) is 4.15. The second kappa shape index (κ2) is 5.13. The Kier molecular flexibility index (Phi) is 3.38. The average molecular weight is 244 g/mol. The molecule has 0 fully saturated rings. The lowest BCUT2D eigenvalue weighted by Gasteiger charge is -2.03. The molecule has 0 aliphatic heterocycles. The van der Waals surface area contributed by atoms with E-state index < -0.39 is 4.92 Å². The smallest absolute Gasteiger partial charge is 0.271 e. The Hall–Kier alpha value is -2.63. The van der Waals surface area contributed by atoms with Crippen molar-refractivity contribution >= 4 is 17.6 Å². The van der Waals surface area contributed by atoms with Crippen LogP contribution in [-0.2, 0) is 6.54 Å². The molecule has 1 aromatic heterocycles. The second-order valence-corrected chi connectivity index (χ2v) is 3.67. The van der Waals surface area contributed by atoms with Gasteiger partial charge in [-0.15, -0.1) is 0 Å². The van der Waals surface area contributed by atoms with Crippen LogP contribution in [0.2, 0.25) is 0 Å². The molecule has 0 unspecified atom stereocenters. The minimum atomic E-state index is -0.416. The van der Waals surface area contributed by atoms with Gasteiger partial charge in [-0.25, -0.2) is 4.68 Å². The molecule has 0 saturated heterocycles. The van der Waals surface area contributed by atoms with Crippen LogP contribution >= 0.6 is 0 Å². The van der Waals surface area contributed by atoms with Gasteiger partial charge in [-0.3, -0.25) is 10.1 Å². The van der Waals surface area contributed by atoms with Gasteiger partial charge in [-0.05, 0) is 6.07 Å². The number of nitro groups is 1. The summed E-state index contributed by atoms with van der Waals surface area (Å²) >= 11 is 0. The largest absolute Gasteiger partial charge is 0.381 e. The number of benzene rings is 1. The highest BCUT2D eigenvalue weighted by Gasteiger charge is 2.05. The van der Waals surface area contributed by atoms with Gasteiger partial charge >= 0.3 is 0 Å². The molecule has 0 atom stereocenters. The standard InChI is InChI=1S/C12H12N4O2/c1-2-15-9-10(8-14-15)7-13-11-4-3-5-12(6-11)16(17)18/h2-6,8-9,13H,1,7H2. The van der Waals surface area contributed by atoms with Crippen molar-refractivity contribution in [1.82, 2.24) is 9.78 Å². The summed E-state index contributed by atoms with van der Waals surface area (Å²) in [7, 11) is 0. The lowest BCUT2D eigenvalue weighted by atomic mass is 10.2. The van der Waals surface area contributed by atoms with Gasteiger partial charge in [-0.1, -0.05) is 12.6 Å². The molecule has 0 amide bonds. The fraction of sp³-hybridized carbons (Fsp3) is 0.0833. The Balaban J connectivity index is 2.03. The van der Waals surface area contributed by atoms with E-state index in [0.29, 0.717) is 12.2 Å². The third-order valence-corrected chi connectivity index (χ3v) is 2.40. The van der Waals surface area contributed by atoms with E-state index in [1.165, 1.54) is 12.1 Å². The summed E-state index contributed by atoms with van der Waals surface area (Å²) in [5.74, 6) is 0. The molecule has 0 bridgehead atoms. The van der Waals surface area contributed by atoms with E-state index >= 15 is 0 Å². The molecule has 1 aromatic carbocycles. The van der Waals surface area contributed by atoms with E-state index in [-0.39, 0.29) is 5.69 Å². The molecule has 0 saturated carbocycles. The van der Waals surface area contributed by atoms with Crippen LogP contribution in [0.15, 0.2) is 43.2 Å². The number of nitrogens with zero attached hydrogens (tertiary/aromatic N) is 3. The molecule has 0 aliphatic carbocycles. The van der Waals surface area contributed by atoms with Gasteiger partial charge in [0.25, 0.3) is 5.69 Å². The summed E-state index contributed by atoms with van der Waals surface area (Å²) in [4.78, 5) is 10.2. The number of nitrogens with one attached hydrogen (secondary N) is 1. The first-order valence-corrected chi connectivity index (χ1v) is 5.33. The summed E-state index contributed by atoms with van der Waals surface area (Å²) in [5.41, 5.74) is 1.75. The Bertz CT molecular complexity index is 577. The van der Waals surface area contributed by atoms with Crippen molar-refractivity contribution in [3.05, 3.63) is 58.9 Å². The van der Waals surface area contributed by atoms with Crippen LogP contribution in [0.5, 0.6) is 0 Å². The van der Waals surface area contributed by atoms with E-state index in [1.807, 2.05) is 6.20 Å². The van der Waals surface area contributed by atoms with E-state index in [1.54, 1.807) is 29.2 Å². The van der Waals surface area contributed by atoms with Gasteiger partial charge in [0.2, 0.25) is 0 Å². The van der Waals surface area contributed by atoms with Gasteiger partial charge < -0.3 is 5.32 Å². The lowest BCUT2D eigenvalue weighted by Crippen LogP contribution is -1.99. The summed E-state index contributed by atoms with van der Waals surface area (Å²) < 4.78 is 1.60. The van der Waals surface area contributed by atoms with Crippen LogP contribution < -0.4 is 5.32 Å². The van der Waals surface area contributed by atoms with Crippen LogP contribution in [0.1, 0.15) is 5.56 Å². The molecule has 92 valence electrons. The zero-order valence-electron chi connectivity index (χ0n) is 9.61. The molecule has 2 aromatic rings. The van der Waals surface area contributed by atoms with Gasteiger partial charge in [0.1, 0.15) is 0 Å². The molecule has 1 heterocycles. The number of aromatic nitrogens is 2. The fourth-order valence-electron chi connectivity index (χ4n) is 1.50. The van der Waals surface area contributed by atoms with Crippen molar-refractivity contribution in [2.45, 2.75) is 6.54 Å². The highest BCUT2D eigenvalue weighted by molar-refractivity contribution is 5.51. The molecule has 0 radical (unpaired) electrons. The van der Waals surface area contributed by atoms with Crippen LogP contribution in [0.3, 0.4) is 0 Å². The van der Waals surface area contributed by atoms with E-state index in [4.69, 9.17) is 0 Å². The van der Waals surface area contributed by atoms with Crippen LogP contribution in [0.25, 0.3) is 6.20 Å². The molecule has 2 rings (SSSR count). The minimum absolute atomic E-state index is 0.0711. The average Bonchev–Trinajstić information content (AvgIpc) is 2.84. The maximum atomic E-state index is 10.6. The van der Waals surface area contributed by atoms with Crippen LogP contribution in [0, 0.1) is 10.1 Å². The molecule has 18 heavy (non-hydrogen) atoms. The SMILES string of the molecule is C=Cn1cc(CNc2cccc([N+](=O)[O-])c2)cn1. The molecule has 6 heteroatoms. The van der Waals surface area contributed by atoms with Crippen LogP contribution in [0.4, 0.5) is 11.4 Å². The van der Waals surface area contributed by atoms with Gasteiger partial charge in [0, 0.05) is 42.3 Å². The quantitative estimate of drug-likeness (QED) is 0.647. The van der Waals surface area contributed by atoms with E-state index in [9.17, 15) is 10.1 Å². The van der Waals surface area contributed by atoms with Gasteiger partial charge in [-0.2, -0.15) is 5.10 Å². The number of nitro benzene ring substituents is 1. The van der Waals surface area contributed by atoms with Crippen molar-refractivity contribution in [3.8, 4) is 0 Å². The van der Waals surface area contributed by atoms with Crippen molar-refractivity contribution in [2.75, 3.05) is 5.32 Å². The predicted octanol–water partition coefficient (Wildman–Crippen LogP) is 2.50. The number of non-ortho nitro benzene ring substituents is 1. The molecule has 6 nitrogen and oxygen atoms in total. The highest BCUT2D eigenvalue weighted by atomic mass is 16.6. The highest BCUT2D eigenvalue weighted by Crippen LogP contribution is 2.17. The van der Waals surface area contributed by atoms with Crippen molar-refractivity contribution in [2.24, 2.45) is 0 Å². The molecular formula is C12H12N4O2. The Morgan fingerprint density at radius 3 is 3.06 bits per heavy atom. The number of hydrogen-bond donors (Lipinski definition) is 1. The molecule has 0 aliphatic rings. The van der Waals surface area contributed by atoms with Crippen LogP contribution in [-0.4, -0.2) is 14.7 Å². The first kappa shape index (κ1) is 11.8. The zero-order chi connectivity index (χ0) is 13.0. The summed E-state index contributed by atoms with van der Waals surface area (Å²) in [6.07, 6.45) is 5.14. The third-order valence-electron chi connectivity index (χ3n) is 2.40. The Morgan fingerprint density at radius 1 is 1.56 bits per heavy atom. The number of rotatable bonds is 5. The molecular weight excluding hydrogens is 232 g/mol. The van der Waals surface area contributed by atoms with Crippen molar-refractivity contribution in [1.29, 1.82) is 0 Å². The lowest BCUT2D eigenvalue weighted by molar-refractivity contribution is -0.384. The number of hydrogen-bond acceptors (Lipinski definition) is 4. The van der Waals surface area contributed by atoms with E-state index in [0.717, 1.165) is 5.56 Å². The maximum absolute atomic E-state index is 10.6. The minimum Gasteiger partial charge on any atom is -0.381 e. The second-order valence-electron chi connectivity index (χ2n) is 3.67. The Labute approximate surface area is 104 Å². The van der Waals surface area contributed by atoms with Gasteiger partial charge in [0.05, 0.1) is 11.1 Å². The molecule has 1 N–H and O–H groups in total. The van der Waals surface area contributed by atoms with Crippen molar-refractivity contribution < 1.29 is 4.92 Å². The molecule has 0 spiro atoms. The maximum Gasteiger partial charge on any atom is 0.271 e. The first-order chi connectivity index (χ1) is 8.69. The Morgan fingerprint density at radius 2 is 2.39 bits per heavy atom. The summed E-state index contributed by atoms with van der Waals surface area (Å²) in [5, 5.41) is 17.8. The monoisotopic (exact) mass is 244 g/mol.